The molecule has 3 aromatic rings. The van der Waals surface area contributed by atoms with E-state index < -0.39 is 5.97 Å². The number of carboxylic acid groups (broad SMARTS) is 1. The van der Waals surface area contributed by atoms with Gasteiger partial charge in [0.25, 0.3) is 0 Å². The van der Waals surface area contributed by atoms with Crippen LogP contribution >= 0.6 is 15.9 Å². The first-order chi connectivity index (χ1) is 10.6. The molecule has 0 fully saturated rings. The Morgan fingerprint density at radius 3 is 2.64 bits per heavy atom. The first-order valence-corrected chi connectivity index (χ1v) is 7.39. The zero-order valence-corrected chi connectivity index (χ0v) is 13.0. The third kappa shape index (κ3) is 3.23. The minimum Gasteiger partial charge on any atom is -0.481 e. The van der Waals surface area contributed by atoms with Gasteiger partial charge in [0.1, 0.15) is 12.1 Å². The number of halogens is 1. The highest BCUT2D eigenvalue weighted by atomic mass is 79.9. The van der Waals surface area contributed by atoms with Gasteiger partial charge < -0.3 is 10.4 Å². The smallest absolute Gasteiger partial charge is 0.307 e. The van der Waals surface area contributed by atoms with E-state index in [-0.39, 0.29) is 6.42 Å². The molecule has 0 saturated carbocycles. The Kier molecular flexibility index (Phi) is 4.02. The van der Waals surface area contributed by atoms with Gasteiger partial charge in [-0.3, -0.25) is 4.79 Å². The molecule has 22 heavy (non-hydrogen) atoms. The molecule has 2 aromatic carbocycles. The molecule has 0 amide bonds. The molecule has 0 spiro atoms. The fraction of sp³-hybridized carbons (Fsp3) is 0.0625. The highest BCUT2D eigenvalue weighted by Gasteiger charge is 2.05. The Hall–Kier alpha value is -2.47. The van der Waals surface area contributed by atoms with Gasteiger partial charge in [-0.25, -0.2) is 9.97 Å². The molecule has 0 aliphatic rings. The number of hydrogen-bond donors (Lipinski definition) is 2. The third-order valence-corrected chi connectivity index (χ3v) is 3.66. The second-order valence-electron chi connectivity index (χ2n) is 4.78. The standard InChI is InChI=1S/C16H12BrN3O2/c17-11-3-6-14-13(8-11)16(19-9-18-14)20-12-4-1-10(2-5-12)7-15(21)22/h1-6,8-9H,7H2,(H,21,22)(H,18,19,20). The van der Waals surface area contributed by atoms with Crippen LogP contribution in [0, 0.1) is 0 Å². The molecule has 0 aliphatic carbocycles. The Labute approximate surface area is 135 Å². The quantitative estimate of drug-likeness (QED) is 0.743. The van der Waals surface area contributed by atoms with Crippen molar-refractivity contribution in [1.82, 2.24) is 9.97 Å². The van der Waals surface area contributed by atoms with Gasteiger partial charge in [-0.2, -0.15) is 0 Å². The molecule has 0 atom stereocenters. The molecule has 1 aromatic heterocycles. The second-order valence-corrected chi connectivity index (χ2v) is 5.69. The maximum Gasteiger partial charge on any atom is 0.307 e. The minimum atomic E-state index is -0.840. The van der Waals surface area contributed by atoms with E-state index in [1.807, 2.05) is 30.3 Å². The predicted octanol–water partition coefficient (Wildman–Crippen LogP) is 3.76. The zero-order valence-electron chi connectivity index (χ0n) is 11.5. The molecule has 0 unspecified atom stereocenters. The number of nitrogens with one attached hydrogen (secondary N) is 1. The summed E-state index contributed by atoms with van der Waals surface area (Å²) < 4.78 is 0.953. The molecular formula is C16H12BrN3O2. The molecule has 1 heterocycles. The summed E-state index contributed by atoms with van der Waals surface area (Å²) >= 11 is 3.45. The van der Waals surface area contributed by atoms with Crippen molar-refractivity contribution < 1.29 is 9.90 Å². The number of benzene rings is 2. The summed E-state index contributed by atoms with van der Waals surface area (Å²) in [4.78, 5) is 19.2. The van der Waals surface area contributed by atoms with Crippen LogP contribution < -0.4 is 5.32 Å². The van der Waals surface area contributed by atoms with Crippen LogP contribution in [0.15, 0.2) is 53.3 Å². The van der Waals surface area contributed by atoms with E-state index in [0.29, 0.717) is 5.82 Å². The van der Waals surface area contributed by atoms with Crippen LogP contribution in [-0.4, -0.2) is 21.0 Å². The van der Waals surface area contributed by atoms with Crippen LogP contribution in [0.25, 0.3) is 10.9 Å². The maximum absolute atomic E-state index is 10.7. The molecule has 3 rings (SSSR count). The monoisotopic (exact) mass is 357 g/mol. The summed E-state index contributed by atoms with van der Waals surface area (Å²) in [5.74, 6) is -0.135. The number of aromatic nitrogens is 2. The number of carboxylic acids is 1. The number of nitrogens with zero attached hydrogens (tertiary/aromatic N) is 2. The van der Waals surface area contributed by atoms with Crippen LogP contribution in [0.5, 0.6) is 0 Å². The average molecular weight is 358 g/mol. The summed E-state index contributed by atoms with van der Waals surface area (Å²) in [5.41, 5.74) is 2.45. The molecule has 0 saturated heterocycles. The molecule has 110 valence electrons. The Balaban J connectivity index is 1.89. The number of aliphatic carboxylic acids is 1. The lowest BCUT2D eigenvalue weighted by atomic mass is 10.1. The van der Waals surface area contributed by atoms with Gasteiger partial charge in [0, 0.05) is 15.5 Å². The van der Waals surface area contributed by atoms with Gasteiger partial charge in [0.15, 0.2) is 0 Å². The largest absolute Gasteiger partial charge is 0.481 e. The molecule has 6 heteroatoms. The number of anilines is 2. The van der Waals surface area contributed by atoms with E-state index in [1.165, 1.54) is 6.33 Å². The first kappa shape index (κ1) is 14.5. The highest BCUT2D eigenvalue weighted by Crippen LogP contribution is 2.26. The van der Waals surface area contributed by atoms with Crippen LogP contribution in [0.4, 0.5) is 11.5 Å². The molecule has 0 aliphatic heterocycles. The lowest BCUT2D eigenvalue weighted by Gasteiger charge is -2.09. The second kappa shape index (κ2) is 6.11. The van der Waals surface area contributed by atoms with Gasteiger partial charge in [0.05, 0.1) is 11.9 Å². The van der Waals surface area contributed by atoms with Crippen molar-refractivity contribution in [3.05, 3.63) is 58.8 Å². The van der Waals surface area contributed by atoms with Gasteiger partial charge in [-0.05, 0) is 35.9 Å². The summed E-state index contributed by atoms with van der Waals surface area (Å²) in [6.07, 6.45) is 1.53. The molecular weight excluding hydrogens is 346 g/mol. The van der Waals surface area contributed by atoms with E-state index in [4.69, 9.17) is 5.11 Å². The van der Waals surface area contributed by atoms with Crippen molar-refractivity contribution in [2.45, 2.75) is 6.42 Å². The number of carbonyl (C=O) groups is 1. The van der Waals surface area contributed by atoms with Gasteiger partial charge >= 0.3 is 5.97 Å². The van der Waals surface area contributed by atoms with Gasteiger partial charge in [-0.15, -0.1) is 0 Å². The van der Waals surface area contributed by atoms with Crippen LogP contribution in [0.1, 0.15) is 5.56 Å². The number of rotatable bonds is 4. The highest BCUT2D eigenvalue weighted by molar-refractivity contribution is 9.10. The Morgan fingerprint density at radius 2 is 1.91 bits per heavy atom. The zero-order chi connectivity index (χ0) is 15.5. The molecule has 2 N–H and O–H groups in total. The lowest BCUT2D eigenvalue weighted by molar-refractivity contribution is -0.136. The summed E-state index contributed by atoms with van der Waals surface area (Å²) in [6, 6.07) is 13.1. The number of hydrogen-bond acceptors (Lipinski definition) is 4. The summed E-state index contributed by atoms with van der Waals surface area (Å²) in [6.45, 7) is 0. The fourth-order valence-electron chi connectivity index (χ4n) is 2.15. The van der Waals surface area contributed by atoms with Crippen LogP contribution in [0.2, 0.25) is 0 Å². The van der Waals surface area contributed by atoms with E-state index in [2.05, 4.69) is 31.2 Å². The van der Waals surface area contributed by atoms with Crippen LogP contribution in [-0.2, 0) is 11.2 Å². The molecule has 0 bridgehead atoms. The van der Waals surface area contributed by atoms with E-state index in [1.54, 1.807) is 12.1 Å². The predicted molar refractivity (Wildman–Crippen MR) is 88.3 cm³/mol. The SMILES string of the molecule is O=C(O)Cc1ccc(Nc2ncnc3ccc(Br)cc23)cc1. The maximum atomic E-state index is 10.7. The van der Waals surface area contributed by atoms with Crippen molar-refractivity contribution in [2.24, 2.45) is 0 Å². The normalized spacial score (nSPS) is 10.6. The number of fused-ring (bicyclic) bond motifs is 1. The molecule has 5 nitrogen and oxygen atoms in total. The lowest BCUT2D eigenvalue weighted by Crippen LogP contribution is -2.00. The van der Waals surface area contributed by atoms with Crippen molar-refractivity contribution in [3.63, 3.8) is 0 Å². The average Bonchev–Trinajstić information content (AvgIpc) is 2.49. The third-order valence-electron chi connectivity index (χ3n) is 3.17. The Morgan fingerprint density at radius 1 is 1.14 bits per heavy atom. The minimum absolute atomic E-state index is 0.0175. The summed E-state index contributed by atoms with van der Waals surface area (Å²) in [7, 11) is 0. The molecule has 0 radical (unpaired) electrons. The first-order valence-electron chi connectivity index (χ1n) is 6.60. The van der Waals surface area contributed by atoms with Crippen molar-refractivity contribution in [2.75, 3.05) is 5.32 Å². The fourth-order valence-corrected chi connectivity index (χ4v) is 2.51. The van der Waals surface area contributed by atoms with E-state index in [9.17, 15) is 4.79 Å². The summed E-state index contributed by atoms with van der Waals surface area (Å²) in [5, 5.41) is 12.9. The van der Waals surface area contributed by atoms with Gasteiger partial charge in [0.2, 0.25) is 0 Å². The van der Waals surface area contributed by atoms with Crippen LogP contribution in [0.3, 0.4) is 0 Å². The van der Waals surface area contributed by atoms with Crippen molar-refractivity contribution in [1.29, 1.82) is 0 Å². The van der Waals surface area contributed by atoms with Crippen molar-refractivity contribution >= 4 is 44.3 Å². The Bertz CT molecular complexity index is 834. The van der Waals surface area contributed by atoms with Crippen molar-refractivity contribution in [3.8, 4) is 0 Å². The topological polar surface area (TPSA) is 75.1 Å². The van der Waals surface area contributed by atoms with Gasteiger partial charge in [-0.1, -0.05) is 28.1 Å². The van der Waals surface area contributed by atoms with E-state index in [0.717, 1.165) is 26.6 Å². The van der Waals surface area contributed by atoms with E-state index >= 15 is 0 Å².